The van der Waals surface area contributed by atoms with E-state index in [1.54, 1.807) is 6.92 Å². The van der Waals surface area contributed by atoms with Crippen LogP contribution < -0.4 is 5.32 Å². The van der Waals surface area contributed by atoms with Crippen LogP contribution in [0.1, 0.15) is 46.0 Å². The van der Waals surface area contributed by atoms with Gasteiger partial charge in [0, 0.05) is 12.5 Å². The molecule has 0 radical (unpaired) electrons. The molecule has 2 N–H and O–H groups in total. The van der Waals surface area contributed by atoms with Crippen LogP contribution in [0.3, 0.4) is 0 Å². The van der Waals surface area contributed by atoms with Crippen LogP contribution in [0.25, 0.3) is 0 Å². The van der Waals surface area contributed by atoms with Crippen molar-refractivity contribution in [3.8, 4) is 0 Å². The van der Waals surface area contributed by atoms with Gasteiger partial charge in [-0.15, -0.1) is 0 Å². The maximum atomic E-state index is 11.9. The van der Waals surface area contributed by atoms with Gasteiger partial charge in [-0.05, 0) is 32.7 Å². The van der Waals surface area contributed by atoms with Gasteiger partial charge in [0.2, 0.25) is 0 Å². The first-order valence-electron chi connectivity index (χ1n) is 6.25. The van der Waals surface area contributed by atoms with E-state index < -0.39 is 18.6 Å². The summed E-state index contributed by atoms with van der Waals surface area (Å²) in [4.78, 5) is 10.6. The maximum absolute atomic E-state index is 11.9. The molecule has 0 aromatic rings. The largest absolute Gasteiger partial charge is 0.481 e. The van der Waals surface area contributed by atoms with Gasteiger partial charge >= 0.3 is 12.1 Å². The Morgan fingerprint density at radius 3 is 2.33 bits per heavy atom. The summed E-state index contributed by atoms with van der Waals surface area (Å²) in [7, 11) is 0. The Bertz CT molecular complexity index is 244. The first-order chi connectivity index (χ1) is 8.22. The van der Waals surface area contributed by atoms with E-state index in [-0.39, 0.29) is 18.4 Å². The lowest BCUT2D eigenvalue weighted by molar-refractivity contribution is -0.141. The van der Waals surface area contributed by atoms with Crippen molar-refractivity contribution in [2.24, 2.45) is 5.92 Å². The van der Waals surface area contributed by atoms with Gasteiger partial charge in [-0.3, -0.25) is 4.79 Å². The number of carboxylic acids is 1. The number of hydrogen-bond donors (Lipinski definition) is 2. The topological polar surface area (TPSA) is 49.3 Å². The van der Waals surface area contributed by atoms with Gasteiger partial charge in [-0.2, -0.15) is 13.2 Å². The van der Waals surface area contributed by atoms with E-state index in [9.17, 15) is 18.0 Å². The molecule has 18 heavy (non-hydrogen) atoms. The van der Waals surface area contributed by atoms with Crippen molar-refractivity contribution in [1.29, 1.82) is 0 Å². The summed E-state index contributed by atoms with van der Waals surface area (Å²) in [6, 6.07) is 0.124. The van der Waals surface area contributed by atoms with Gasteiger partial charge in [-0.1, -0.05) is 13.3 Å². The highest BCUT2D eigenvalue weighted by Crippen LogP contribution is 2.20. The first-order valence-corrected chi connectivity index (χ1v) is 6.25. The second kappa shape index (κ2) is 8.34. The number of rotatable bonds is 9. The van der Waals surface area contributed by atoms with Crippen molar-refractivity contribution in [2.75, 3.05) is 6.54 Å². The minimum Gasteiger partial charge on any atom is -0.481 e. The Morgan fingerprint density at radius 2 is 1.83 bits per heavy atom. The molecule has 3 nitrogen and oxygen atoms in total. The van der Waals surface area contributed by atoms with Crippen molar-refractivity contribution in [3.63, 3.8) is 0 Å². The highest BCUT2D eigenvalue weighted by atomic mass is 19.4. The Morgan fingerprint density at radius 1 is 1.22 bits per heavy atom. The number of aliphatic carboxylic acids is 1. The molecule has 0 aliphatic carbocycles. The second-order valence-electron chi connectivity index (χ2n) is 4.74. The highest BCUT2D eigenvalue weighted by molar-refractivity contribution is 5.69. The van der Waals surface area contributed by atoms with Crippen LogP contribution in [0.2, 0.25) is 0 Å². The van der Waals surface area contributed by atoms with Gasteiger partial charge < -0.3 is 10.4 Å². The molecule has 0 rings (SSSR count). The van der Waals surface area contributed by atoms with Crippen molar-refractivity contribution in [3.05, 3.63) is 0 Å². The second-order valence-corrected chi connectivity index (χ2v) is 4.74. The molecule has 0 spiro atoms. The monoisotopic (exact) mass is 269 g/mol. The van der Waals surface area contributed by atoms with E-state index >= 15 is 0 Å². The van der Waals surface area contributed by atoms with Gasteiger partial charge in [-0.25, -0.2) is 0 Å². The molecule has 0 heterocycles. The average Bonchev–Trinajstić information content (AvgIpc) is 2.22. The van der Waals surface area contributed by atoms with Crippen LogP contribution in [0.4, 0.5) is 13.2 Å². The fraction of sp³-hybridized carbons (Fsp3) is 0.917. The van der Waals surface area contributed by atoms with Gasteiger partial charge in [0.15, 0.2) is 0 Å². The molecule has 6 heteroatoms. The zero-order valence-corrected chi connectivity index (χ0v) is 10.9. The quantitative estimate of drug-likeness (QED) is 0.632. The Balaban J connectivity index is 3.49. The number of halogens is 3. The zero-order chi connectivity index (χ0) is 14.2. The average molecular weight is 269 g/mol. The minimum absolute atomic E-state index is 0.0827. The van der Waals surface area contributed by atoms with Crippen LogP contribution in [0.5, 0.6) is 0 Å². The summed E-state index contributed by atoms with van der Waals surface area (Å²) in [6.45, 7) is 3.90. The fourth-order valence-electron chi connectivity index (χ4n) is 1.59. The van der Waals surface area contributed by atoms with E-state index in [0.29, 0.717) is 13.0 Å². The lowest BCUT2D eigenvalue weighted by Gasteiger charge is -2.14. The molecule has 0 aromatic heterocycles. The molecule has 0 aliphatic rings. The lowest BCUT2D eigenvalue weighted by Crippen LogP contribution is -2.28. The predicted molar refractivity (Wildman–Crippen MR) is 63.4 cm³/mol. The minimum atomic E-state index is -4.08. The molecule has 0 aliphatic heterocycles. The van der Waals surface area contributed by atoms with E-state index in [4.69, 9.17) is 5.11 Å². The Labute approximate surface area is 106 Å². The number of carbonyl (C=O) groups is 1. The number of hydrogen-bond acceptors (Lipinski definition) is 2. The summed E-state index contributed by atoms with van der Waals surface area (Å²) in [6.07, 6.45) is -2.61. The van der Waals surface area contributed by atoms with Crippen LogP contribution in [-0.2, 0) is 4.79 Å². The molecule has 0 amide bonds. The molecule has 2 unspecified atom stereocenters. The summed E-state index contributed by atoms with van der Waals surface area (Å²) in [5, 5.41) is 11.7. The molecule has 108 valence electrons. The normalized spacial score (nSPS) is 15.4. The Kier molecular flexibility index (Phi) is 7.98. The van der Waals surface area contributed by atoms with E-state index in [2.05, 4.69) is 5.32 Å². The van der Waals surface area contributed by atoms with Crippen molar-refractivity contribution in [1.82, 2.24) is 5.32 Å². The third kappa shape index (κ3) is 10.4. The van der Waals surface area contributed by atoms with Crippen molar-refractivity contribution >= 4 is 5.97 Å². The lowest BCUT2D eigenvalue weighted by atomic mass is 10.0. The van der Waals surface area contributed by atoms with Crippen LogP contribution in [-0.4, -0.2) is 29.8 Å². The smallest absolute Gasteiger partial charge is 0.389 e. The predicted octanol–water partition coefficient (Wildman–Crippen LogP) is 3.20. The third-order valence-corrected chi connectivity index (χ3v) is 2.83. The zero-order valence-electron chi connectivity index (χ0n) is 10.9. The molecule has 0 bridgehead atoms. The molecule has 0 fully saturated rings. The number of alkyl halides is 3. The standard InChI is InChI=1S/C12H22F3NO2/c1-9(11(17)18)5-3-6-10(2)16-8-4-7-12(13,14)15/h9-10,16H,3-8H2,1-2H3,(H,17,18). The summed E-state index contributed by atoms with van der Waals surface area (Å²) in [5.74, 6) is -1.16. The molecule has 0 saturated heterocycles. The fourth-order valence-corrected chi connectivity index (χ4v) is 1.59. The van der Waals surface area contributed by atoms with Crippen molar-refractivity contribution < 1.29 is 23.1 Å². The third-order valence-electron chi connectivity index (χ3n) is 2.83. The summed E-state index contributed by atoms with van der Waals surface area (Å²) >= 11 is 0. The van der Waals surface area contributed by atoms with Crippen LogP contribution in [0.15, 0.2) is 0 Å². The van der Waals surface area contributed by atoms with Crippen LogP contribution >= 0.6 is 0 Å². The first kappa shape index (κ1) is 17.2. The SMILES string of the molecule is CC(CCCC(C)C(=O)O)NCCCC(F)(F)F. The molecular weight excluding hydrogens is 247 g/mol. The maximum Gasteiger partial charge on any atom is 0.389 e. The van der Waals surface area contributed by atoms with E-state index in [1.807, 2.05) is 6.92 Å². The number of nitrogens with one attached hydrogen (secondary N) is 1. The number of carboxylic acid groups (broad SMARTS) is 1. The summed E-state index contributed by atoms with van der Waals surface area (Å²) < 4.78 is 35.6. The van der Waals surface area contributed by atoms with E-state index in [1.165, 1.54) is 0 Å². The molecule has 0 aromatic carbocycles. The highest BCUT2D eigenvalue weighted by Gasteiger charge is 2.25. The van der Waals surface area contributed by atoms with Crippen molar-refractivity contribution in [2.45, 2.75) is 58.2 Å². The molecule has 2 atom stereocenters. The Hall–Kier alpha value is -0.780. The summed E-state index contributed by atoms with van der Waals surface area (Å²) in [5.41, 5.74) is 0. The molecule has 0 saturated carbocycles. The van der Waals surface area contributed by atoms with Crippen LogP contribution in [0, 0.1) is 5.92 Å². The van der Waals surface area contributed by atoms with Gasteiger partial charge in [0.05, 0.1) is 5.92 Å². The van der Waals surface area contributed by atoms with Gasteiger partial charge in [0.1, 0.15) is 0 Å². The van der Waals surface area contributed by atoms with Gasteiger partial charge in [0.25, 0.3) is 0 Å². The van der Waals surface area contributed by atoms with E-state index in [0.717, 1.165) is 12.8 Å². The molecular formula is C12H22F3NO2.